The Balaban J connectivity index is 1.56. The largest absolute Gasteiger partial charge is 0.463 e. The zero-order valence-electron chi connectivity index (χ0n) is 12.6. The minimum absolute atomic E-state index is 0.258. The Kier molecular flexibility index (Phi) is 4.53. The number of piperidine rings is 1. The predicted octanol–water partition coefficient (Wildman–Crippen LogP) is 1.57. The van der Waals surface area contributed by atoms with Crippen LogP contribution in [0.15, 0.2) is 29.2 Å². The van der Waals surface area contributed by atoms with E-state index in [1.165, 1.54) is 13.5 Å². The Bertz CT molecular complexity index is 608. The first-order chi connectivity index (χ1) is 10.7. The van der Waals surface area contributed by atoms with Crippen molar-refractivity contribution in [2.75, 3.05) is 20.2 Å². The highest BCUT2D eigenvalue weighted by Gasteiger charge is 2.22. The maximum absolute atomic E-state index is 11.4. The topological polar surface area (TPSA) is 73.4 Å². The van der Waals surface area contributed by atoms with Crippen LogP contribution in [0.3, 0.4) is 0 Å². The number of esters is 1. The summed E-state index contributed by atoms with van der Waals surface area (Å²) in [6, 6.07) is 3.51. The van der Waals surface area contributed by atoms with Crippen molar-refractivity contribution in [3.8, 4) is 0 Å². The molecule has 0 aromatic carbocycles. The Hall–Kier alpha value is -2.15. The molecule has 1 atom stereocenters. The Morgan fingerprint density at radius 1 is 1.50 bits per heavy atom. The van der Waals surface area contributed by atoms with Gasteiger partial charge in [-0.2, -0.15) is 5.10 Å². The van der Waals surface area contributed by atoms with Crippen LogP contribution >= 0.6 is 0 Å². The van der Waals surface area contributed by atoms with Gasteiger partial charge in [0.1, 0.15) is 18.4 Å². The lowest BCUT2D eigenvalue weighted by atomic mass is 9.98. The average molecular weight is 304 g/mol. The third-order valence-corrected chi connectivity index (χ3v) is 3.94. The van der Waals surface area contributed by atoms with Crippen molar-refractivity contribution in [1.82, 2.24) is 19.7 Å². The predicted molar refractivity (Wildman–Crippen MR) is 78.1 cm³/mol. The second kappa shape index (κ2) is 6.74. The first-order valence-corrected chi connectivity index (χ1v) is 7.46. The van der Waals surface area contributed by atoms with Crippen LogP contribution in [0.2, 0.25) is 0 Å². The van der Waals surface area contributed by atoms with Gasteiger partial charge in [-0.15, -0.1) is 0 Å². The van der Waals surface area contributed by atoms with E-state index in [9.17, 15) is 4.79 Å². The third kappa shape index (κ3) is 3.54. The molecule has 0 bridgehead atoms. The number of hydrogen-bond donors (Lipinski definition) is 0. The van der Waals surface area contributed by atoms with Crippen molar-refractivity contribution in [2.24, 2.45) is 5.92 Å². The molecule has 0 radical (unpaired) electrons. The van der Waals surface area contributed by atoms with E-state index in [-0.39, 0.29) is 5.76 Å². The van der Waals surface area contributed by atoms with E-state index in [1.54, 1.807) is 18.7 Å². The van der Waals surface area contributed by atoms with Gasteiger partial charge in [0, 0.05) is 13.1 Å². The van der Waals surface area contributed by atoms with Crippen molar-refractivity contribution < 1.29 is 13.9 Å². The smallest absolute Gasteiger partial charge is 0.373 e. The number of ether oxygens (including phenoxy) is 1. The summed E-state index contributed by atoms with van der Waals surface area (Å²) in [5.74, 6) is 1.18. The number of rotatable bonds is 5. The molecule has 0 amide bonds. The van der Waals surface area contributed by atoms with E-state index in [2.05, 4.69) is 19.7 Å². The van der Waals surface area contributed by atoms with Crippen LogP contribution in [-0.4, -0.2) is 45.8 Å². The van der Waals surface area contributed by atoms with Crippen molar-refractivity contribution in [3.63, 3.8) is 0 Å². The highest BCUT2D eigenvalue weighted by Crippen LogP contribution is 2.20. The summed E-state index contributed by atoms with van der Waals surface area (Å²) in [5.41, 5.74) is 0. The van der Waals surface area contributed by atoms with Gasteiger partial charge in [-0.25, -0.2) is 9.78 Å². The van der Waals surface area contributed by atoms with Crippen LogP contribution in [0.5, 0.6) is 0 Å². The van der Waals surface area contributed by atoms with Gasteiger partial charge in [-0.05, 0) is 37.4 Å². The van der Waals surface area contributed by atoms with Gasteiger partial charge in [0.25, 0.3) is 0 Å². The van der Waals surface area contributed by atoms with Gasteiger partial charge < -0.3 is 9.15 Å². The van der Waals surface area contributed by atoms with E-state index in [0.717, 1.165) is 31.8 Å². The second-order valence-electron chi connectivity index (χ2n) is 5.62. The van der Waals surface area contributed by atoms with Crippen molar-refractivity contribution in [3.05, 3.63) is 36.3 Å². The van der Waals surface area contributed by atoms with E-state index in [0.29, 0.717) is 12.5 Å². The molecule has 2 aromatic heterocycles. The van der Waals surface area contributed by atoms with Crippen LogP contribution in [0.4, 0.5) is 0 Å². The Morgan fingerprint density at radius 3 is 3.18 bits per heavy atom. The van der Waals surface area contributed by atoms with Crippen LogP contribution < -0.4 is 0 Å². The molecule has 3 rings (SSSR count). The molecule has 0 saturated carbocycles. The molecule has 7 heteroatoms. The summed E-state index contributed by atoms with van der Waals surface area (Å²) in [4.78, 5) is 17.7. The summed E-state index contributed by atoms with van der Waals surface area (Å²) >= 11 is 0. The van der Waals surface area contributed by atoms with Gasteiger partial charge in [0.2, 0.25) is 5.76 Å². The molecule has 1 saturated heterocycles. The lowest BCUT2D eigenvalue weighted by Gasteiger charge is -2.31. The van der Waals surface area contributed by atoms with Crippen molar-refractivity contribution >= 4 is 5.97 Å². The standard InChI is InChI=1S/C15H20N4O3/c1-21-15(20)14-5-4-13(22-14)9-18-6-2-3-12(7-18)8-19-11-16-10-17-19/h4-5,10-12H,2-3,6-9H2,1H3/t12-/m1/s1. The van der Waals surface area contributed by atoms with Gasteiger partial charge >= 0.3 is 5.97 Å². The maximum Gasteiger partial charge on any atom is 0.373 e. The van der Waals surface area contributed by atoms with Crippen molar-refractivity contribution in [1.29, 1.82) is 0 Å². The average Bonchev–Trinajstić information content (AvgIpc) is 3.19. The molecule has 3 heterocycles. The minimum Gasteiger partial charge on any atom is -0.463 e. The Labute approximate surface area is 128 Å². The van der Waals surface area contributed by atoms with Crippen molar-refractivity contribution in [2.45, 2.75) is 25.9 Å². The number of nitrogens with zero attached hydrogens (tertiary/aromatic N) is 4. The summed E-state index contributed by atoms with van der Waals surface area (Å²) in [6.07, 6.45) is 5.68. The van der Waals surface area contributed by atoms with Crippen LogP contribution in [0.1, 0.15) is 29.2 Å². The molecular weight excluding hydrogens is 284 g/mol. The maximum atomic E-state index is 11.4. The molecule has 1 aliphatic rings. The highest BCUT2D eigenvalue weighted by atomic mass is 16.5. The molecule has 22 heavy (non-hydrogen) atoms. The van der Waals surface area contributed by atoms with Crippen LogP contribution in [0.25, 0.3) is 0 Å². The molecule has 0 N–H and O–H groups in total. The van der Waals surface area contributed by atoms with Gasteiger partial charge in [-0.1, -0.05) is 0 Å². The van der Waals surface area contributed by atoms with E-state index in [4.69, 9.17) is 4.42 Å². The summed E-state index contributed by atoms with van der Waals surface area (Å²) in [6.45, 7) is 3.64. The molecule has 7 nitrogen and oxygen atoms in total. The molecule has 0 spiro atoms. The van der Waals surface area contributed by atoms with E-state index < -0.39 is 5.97 Å². The zero-order chi connectivity index (χ0) is 15.4. The fourth-order valence-electron chi connectivity index (χ4n) is 2.93. The first kappa shape index (κ1) is 14.8. The second-order valence-corrected chi connectivity index (χ2v) is 5.62. The fourth-order valence-corrected chi connectivity index (χ4v) is 2.93. The van der Waals surface area contributed by atoms with E-state index in [1.807, 2.05) is 10.7 Å². The third-order valence-electron chi connectivity index (χ3n) is 3.94. The number of likely N-dealkylation sites (tertiary alicyclic amines) is 1. The number of methoxy groups -OCH3 is 1. The Morgan fingerprint density at radius 2 is 2.41 bits per heavy atom. The molecule has 0 unspecified atom stereocenters. The summed E-state index contributed by atoms with van der Waals surface area (Å²) in [7, 11) is 1.35. The molecule has 1 aliphatic heterocycles. The lowest BCUT2D eigenvalue weighted by Crippen LogP contribution is -2.36. The minimum atomic E-state index is -0.436. The molecule has 1 fully saturated rings. The number of carbonyl (C=O) groups is 1. The zero-order valence-corrected chi connectivity index (χ0v) is 12.6. The molecule has 2 aromatic rings. The van der Waals surface area contributed by atoms with Gasteiger partial charge in [0.15, 0.2) is 0 Å². The molecular formula is C15H20N4O3. The van der Waals surface area contributed by atoms with Crippen LogP contribution in [0, 0.1) is 5.92 Å². The lowest BCUT2D eigenvalue weighted by molar-refractivity contribution is 0.0559. The normalized spacial score (nSPS) is 19.2. The van der Waals surface area contributed by atoms with Crippen LogP contribution in [-0.2, 0) is 17.8 Å². The molecule has 0 aliphatic carbocycles. The number of aromatic nitrogens is 3. The highest BCUT2D eigenvalue weighted by molar-refractivity contribution is 5.86. The number of carbonyl (C=O) groups excluding carboxylic acids is 1. The fraction of sp³-hybridized carbons (Fsp3) is 0.533. The number of furan rings is 1. The number of hydrogen-bond acceptors (Lipinski definition) is 6. The van der Waals surface area contributed by atoms with Gasteiger partial charge in [0.05, 0.1) is 13.7 Å². The monoisotopic (exact) mass is 304 g/mol. The first-order valence-electron chi connectivity index (χ1n) is 7.46. The summed E-state index contributed by atoms with van der Waals surface area (Å²) < 4.78 is 12.1. The summed E-state index contributed by atoms with van der Waals surface area (Å²) in [5, 5.41) is 4.17. The molecule has 118 valence electrons. The SMILES string of the molecule is COC(=O)c1ccc(CN2CCC[C@@H](Cn3cncn3)C2)o1. The van der Waals surface area contributed by atoms with Gasteiger partial charge in [-0.3, -0.25) is 9.58 Å². The van der Waals surface area contributed by atoms with E-state index >= 15 is 0 Å². The quantitative estimate of drug-likeness (QED) is 0.781.